The Morgan fingerprint density at radius 2 is 1.10 bits per heavy atom. The summed E-state index contributed by atoms with van der Waals surface area (Å²) in [4.78, 5) is 0. The van der Waals surface area contributed by atoms with Gasteiger partial charge in [0.1, 0.15) is 5.75 Å². The Kier molecular flexibility index (Phi) is 4.06. The lowest BCUT2D eigenvalue weighted by atomic mass is 9.94. The van der Waals surface area contributed by atoms with Crippen molar-refractivity contribution in [2.45, 2.75) is 0 Å². The topological polar surface area (TPSA) is 20.2 Å². The molecule has 0 aliphatic carbocycles. The maximum Gasteiger partial charge on any atom is 0.115 e. The van der Waals surface area contributed by atoms with E-state index in [-0.39, 0.29) is 5.75 Å². The van der Waals surface area contributed by atoms with E-state index in [2.05, 4.69) is 66.7 Å². The summed E-state index contributed by atoms with van der Waals surface area (Å²) in [5.74, 6) is 0.249. The highest BCUT2D eigenvalue weighted by molar-refractivity contribution is 8.13. The molecule has 0 bridgehead atoms. The molecule has 6 aromatic rings. The van der Waals surface area contributed by atoms with E-state index in [1.54, 1.807) is 12.1 Å². The van der Waals surface area contributed by atoms with Crippen molar-refractivity contribution in [1.29, 1.82) is 0 Å². The van der Waals surface area contributed by atoms with Crippen molar-refractivity contribution in [3.63, 3.8) is 0 Å². The van der Waals surface area contributed by atoms with Crippen LogP contribution < -0.4 is 15.9 Å². The molecule has 0 fully saturated rings. The van der Waals surface area contributed by atoms with Gasteiger partial charge in [0.15, 0.2) is 0 Å². The molecular weight excluding hydrogens is 394 g/mol. The Labute approximate surface area is 183 Å². The molecule has 0 amide bonds. The second-order valence-corrected chi connectivity index (χ2v) is 11.0. The third kappa shape index (κ3) is 2.69. The zero-order valence-corrected chi connectivity index (χ0v) is 17.8. The normalized spacial score (nSPS) is 13.7. The highest BCUT2D eigenvalue weighted by atomic mass is 31.2. The SMILES string of the molecule is [B-][P+](c1ccccc1)(c1ccc(O)cc1)c1ccc2ccc3cccc4ccc1c2c34. The highest BCUT2D eigenvalue weighted by Gasteiger charge is 2.30. The van der Waals surface area contributed by atoms with Crippen molar-refractivity contribution in [3.05, 3.63) is 109 Å². The van der Waals surface area contributed by atoms with E-state index < -0.39 is 7.14 Å². The Balaban J connectivity index is 1.76. The van der Waals surface area contributed by atoms with Crippen molar-refractivity contribution in [2.24, 2.45) is 0 Å². The van der Waals surface area contributed by atoms with Crippen LogP contribution in [0.5, 0.6) is 5.75 Å². The Morgan fingerprint density at radius 3 is 1.81 bits per heavy atom. The molecule has 31 heavy (non-hydrogen) atoms. The average Bonchev–Trinajstić information content (AvgIpc) is 2.83. The van der Waals surface area contributed by atoms with Crippen LogP contribution in [-0.4, -0.2) is 12.7 Å². The van der Waals surface area contributed by atoms with Crippen LogP contribution in [0.1, 0.15) is 0 Å². The third-order valence-corrected chi connectivity index (χ3v) is 9.68. The zero-order valence-electron chi connectivity index (χ0n) is 16.9. The van der Waals surface area contributed by atoms with Gasteiger partial charge in [-0.1, -0.05) is 60.7 Å². The van der Waals surface area contributed by atoms with Crippen LogP contribution in [0.4, 0.5) is 0 Å². The summed E-state index contributed by atoms with van der Waals surface area (Å²) in [6.45, 7) is 0. The minimum atomic E-state index is -2.42. The largest absolute Gasteiger partial charge is 0.508 e. The van der Waals surface area contributed by atoms with Crippen molar-refractivity contribution < 1.29 is 5.11 Å². The summed E-state index contributed by atoms with van der Waals surface area (Å²) in [5.41, 5.74) is 0. The van der Waals surface area contributed by atoms with Crippen LogP contribution in [0, 0.1) is 0 Å². The summed E-state index contributed by atoms with van der Waals surface area (Å²) < 4.78 is 0. The van der Waals surface area contributed by atoms with Crippen LogP contribution >= 0.6 is 7.14 Å². The van der Waals surface area contributed by atoms with Crippen LogP contribution in [-0.2, 0) is 0 Å². The van der Waals surface area contributed by atoms with E-state index in [1.165, 1.54) is 32.3 Å². The van der Waals surface area contributed by atoms with Gasteiger partial charge in [0, 0.05) is 10.8 Å². The molecule has 1 unspecified atom stereocenters. The van der Waals surface area contributed by atoms with Gasteiger partial charge >= 0.3 is 0 Å². The van der Waals surface area contributed by atoms with Gasteiger partial charge in [-0.3, -0.25) is 7.57 Å². The molecule has 0 saturated heterocycles. The van der Waals surface area contributed by atoms with Gasteiger partial charge < -0.3 is 5.11 Å². The summed E-state index contributed by atoms with van der Waals surface area (Å²) in [5, 5.41) is 20.7. The molecule has 1 atom stereocenters. The molecule has 3 radical (unpaired) electrons. The van der Waals surface area contributed by atoms with E-state index in [0.717, 1.165) is 15.9 Å². The number of hydrogen-bond acceptors (Lipinski definition) is 1. The maximum absolute atomic E-state index is 9.89. The van der Waals surface area contributed by atoms with Gasteiger partial charge in [0.25, 0.3) is 0 Å². The molecule has 6 aromatic carbocycles. The predicted molar refractivity (Wildman–Crippen MR) is 136 cm³/mol. The van der Waals surface area contributed by atoms with Gasteiger partial charge in [-0.05, 0) is 70.1 Å². The number of rotatable bonds is 3. The molecule has 1 nitrogen and oxygen atoms in total. The maximum atomic E-state index is 9.89. The fraction of sp³-hybridized carbons (Fsp3) is 0. The van der Waals surface area contributed by atoms with Crippen molar-refractivity contribution in [1.82, 2.24) is 0 Å². The van der Waals surface area contributed by atoms with Gasteiger partial charge in [0.05, 0.1) is 15.9 Å². The number of phenolic OH excluding ortho intramolecular Hbond substituents is 1. The van der Waals surface area contributed by atoms with Gasteiger partial charge in [-0.2, -0.15) is 0 Å². The zero-order chi connectivity index (χ0) is 21.0. The molecule has 1 N–H and O–H groups in total. The number of benzene rings is 6. The number of phenols is 1. The van der Waals surface area contributed by atoms with Crippen LogP contribution in [0.25, 0.3) is 32.3 Å². The fourth-order valence-electron chi connectivity index (χ4n) is 4.81. The number of aromatic hydroxyl groups is 1. The van der Waals surface area contributed by atoms with Gasteiger partial charge in [0.2, 0.25) is 0 Å². The highest BCUT2D eigenvalue weighted by Crippen LogP contribution is 2.53. The monoisotopic (exact) mass is 413 g/mol. The summed E-state index contributed by atoms with van der Waals surface area (Å²) in [7, 11) is 5.02. The van der Waals surface area contributed by atoms with E-state index in [4.69, 9.17) is 7.57 Å². The molecule has 0 heterocycles. The van der Waals surface area contributed by atoms with Crippen LogP contribution in [0.15, 0.2) is 109 Å². The second kappa shape index (κ2) is 6.84. The predicted octanol–water partition coefficient (Wildman–Crippen LogP) is 5.67. The molecular formula is C28H19BOP. The van der Waals surface area contributed by atoms with E-state index in [0.29, 0.717) is 0 Å². The molecule has 0 aliphatic heterocycles. The third-order valence-electron chi connectivity index (χ3n) is 6.31. The average molecular weight is 413 g/mol. The fourth-order valence-corrected chi connectivity index (χ4v) is 7.80. The lowest BCUT2D eigenvalue weighted by Gasteiger charge is -2.37. The minimum Gasteiger partial charge on any atom is -0.508 e. The first-order valence-electron chi connectivity index (χ1n) is 10.4. The van der Waals surface area contributed by atoms with E-state index in [1.807, 2.05) is 30.3 Å². The summed E-state index contributed by atoms with van der Waals surface area (Å²) in [6, 6.07) is 37.5. The van der Waals surface area contributed by atoms with E-state index in [9.17, 15) is 5.11 Å². The summed E-state index contributed by atoms with van der Waals surface area (Å²) in [6.07, 6.45) is 0. The van der Waals surface area contributed by atoms with E-state index >= 15 is 0 Å². The molecule has 3 heteroatoms. The molecule has 145 valence electrons. The first-order valence-corrected chi connectivity index (χ1v) is 12.2. The lowest BCUT2D eigenvalue weighted by Crippen LogP contribution is -2.31. The first kappa shape index (κ1) is 18.4. The second-order valence-electron chi connectivity index (χ2n) is 8.02. The van der Waals surface area contributed by atoms with Gasteiger partial charge in [-0.25, -0.2) is 0 Å². The number of hydrogen-bond donors (Lipinski definition) is 1. The van der Waals surface area contributed by atoms with Crippen molar-refractivity contribution in [2.75, 3.05) is 0 Å². The Hall–Kier alpha value is -3.35. The van der Waals surface area contributed by atoms with Gasteiger partial charge in [-0.15, -0.1) is 7.14 Å². The molecule has 0 aliphatic rings. The van der Waals surface area contributed by atoms with Crippen LogP contribution in [0.3, 0.4) is 0 Å². The standard InChI is InChI=1S/C28H18BOP/c29-31(23-7-2-1-3-8-23,24-15-13-22(30)14-16-24)26-18-12-21-10-9-19-5-4-6-20-11-17-25(26)28(21)27(19)20/h1-18H/q-1/p+1. The van der Waals surface area contributed by atoms with Crippen molar-refractivity contribution >= 4 is 62.9 Å². The summed E-state index contributed by atoms with van der Waals surface area (Å²) >= 11 is 0. The first-order chi connectivity index (χ1) is 15.2. The van der Waals surface area contributed by atoms with Crippen LogP contribution in [0.2, 0.25) is 0 Å². The minimum absolute atomic E-state index is 0.249. The lowest BCUT2D eigenvalue weighted by molar-refractivity contribution is 0.475. The van der Waals surface area contributed by atoms with Crippen molar-refractivity contribution in [3.8, 4) is 5.75 Å². The Morgan fingerprint density at radius 1 is 0.516 bits per heavy atom. The molecule has 0 aromatic heterocycles. The quantitative estimate of drug-likeness (QED) is 0.225. The molecule has 0 spiro atoms. The molecule has 0 saturated carbocycles. The molecule has 6 rings (SSSR count). The Bertz CT molecular complexity index is 1530. The smallest absolute Gasteiger partial charge is 0.115 e.